The molecule has 3 nitrogen and oxygen atoms in total. The molecule has 0 N–H and O–H groups in total. The number of fused-ring (bicyclic) bond motifs is 11. The van der Waals surface area contributed by atoms with Crippen molar-refractivity contribution in [3.63, 3.8) is 0 Å². The van der Waals surface area contributed by atoms with Crippen molar-refractivity contribution in [2.75, 3.05) is 0 Å². The van der Waals surface area contributed by atoms with Gasteiger partial charge in [-0.15, -0.1) is 0 Å². The molecule has 0 aliphatic heterocycles. The number of benzene rings is 9. The van der Waals surface area contributed by atoms with E-state index in [0.717, 1.165) is 71.1 Å². The number of para-hydroxylation sites is 2. The monoisotopic (exact) mass is 720 g/mol. The minimum Gasteiger partial charge on any atom is -0.309 e. The van der Waals surface area contributed by atoms with E-state index in [-0.39, 0.29) is 0 Å². The number of rotatable bonds is 5. The summed E-state index contributed by atoms with van der Waals surface area (Å²) in [5, 5.41) is 10.7. The molecule has 0 radical (unpaired) electrons. The number of imidazole rings is 1. The molecule has 11 aromatic rings. The molecule has 2 aromatic heterocycles. The quantitative estimate of drug-likeness (QED) is 0.131. The van der Waals surface area contributed by atoms with Crippen molar-refractivity contribution >= 4 is 83.0 Å². The van der Waals surface area contributed by atoms with E-state index in [4.69, 9.17) is 4.98 Å². The van der Waals surface area contributed by atoms with Crippen LogP contribution in [-0.4, -0.2) is 9.38 Å². The first-order valence-corrected chi connectivity index (χ1v) is 20.4. The van der Waals surface area contributed by atoms with Crippen molar-refractivity contribution in [2.24, 2.45) is 0 Å². The van der Waals surface area contributed by atoms with Gasteiger partial charge < -0.3 is 4.57 Å². The maximum Gasteiger partial charge on any atom is 0.171 e. The standard InChI is InChI=1S/C51H33N2OP/c54-55(41-13-2-1-3-14-41,43-29-24-34-10-4-5-12-39(34)32-43)42-27-22-36(23-28-42)35-18-20-37(21-19-35)40-26-31-48-46(33-40)45-30-25-38-11-6-7-15-44(38)50(45)51-52-47-16-8-9-17-49(47)53(48)51/h1-33H. The molecule has 0 saturated carbocycles. The van der Waals surface area contributed by atoms with E-state index in [1.165, 1.54) is 26.9 Å². The minimum atomic E-state index is -3.12. The van der Waals surface area contributed by atoms with Crippen molar-refractivity contribution in [1.29, 1.82) is 0 Å². The molecule has 0 amide bonds. The van der Waals surface area contributed by atoms with E-state index in [1.54, 1.807) is 0 Å². The van der Waals surface area contributed by atoms with Gasteiger partial charge in [0, 0.05) is 26.7 Å². The van der Waals surface area contributed by atoms with Gasteiger partial charge in [-0.05, 0) is 79.5 Å². The maximum atomic E-state index is 15.3. The molecular weight excluding hydrogens is 688 g/mol. The molecule has 0 bridgehead atoms. The van der Waals surface area contributed by atoms with E-state index in [0.29, 0.717) is 0 Å². The van der Waals surface area contributed by atoms with E-state index < -0.39 is 7.14 Å². The van der Waals surface area contributed by atoms with Crippen molar-refractivity contribution < 1.29 is 4.57 Å². The lowest BCUT2D eigenvalue weighted by atomic mass is 9.96. The molecule has 1 unspecified atom stereocenters. The molecular formula is C51H33N2OP. The molecule has 0 spiro atoms. The molecule has 0 aliphatic rings. The van der Waals surface area contributed by atoms with Crippen LogP contribution in [0.15, 0.2) is 200 Å². The highest BCUT2D eigenvalue weighted by Gasteiger charge is 2.30. The highest BCUT2D eigenvalue weighted by molar-refractivity contribution is 7.85. The van der Waals surface area contributed by atoms with Crippen LogP contribution < -0.4 is 15.9 Å². The second kappa shape index (κ2) is 12.4. The number of nitrogens with zero attached hydrogens (tertiary/aromatic N) is 2. The Morgan fingerprint density at radius 3 is 1.76 bits per heavy atom. The SMILES string of the molecule is O=P(c1ccccc1)(c1ccc(-c2ccc(-c3ccc4c(c3)c3ccc5ccccc5c3c3nc5ccccc5n43)cc2)cc1)c1ccc2ccccc2c1. The van der Waals surface area contributed by atoms with Gasteiger partial charge in [-0.3, -0.25) is 4.40 Å². The van der Waals surface area contributed by atoms with Gasteiger partial charge in [-0.2, -0.15) is 0 Å². The van der Waals surface area contributed by atoms with Crippen molar-refractivity contribution in [2.45, 2.75) is 0 Å². The van der Waals surface area contributed by atoms with Crippen LogP contribution in [0, 0.1) is 0 Å². The van der Waals surface area contributed by atoms with Gasteiger partial charge in [0.25, 0.3) is 0 Å². The van der Waals surface area contributed by atoms with Crippen molar-refractivity contribution in [3.8, 4) is 22.3 Å². The summed E-state index contributed by atoms with van der Waals surface area (Å²) in [4.78, 5) is 5.17. The zero-order valence-corrected chi connectivity index (χ0v) is 30.7. The van der Waals surface area contributed by atoms with Gasteiger partial charge in [-0.25, -0.2) is 4.98 Å². The third kappa shape index (κ3) is 4.98. The van der Waals surface area contributed by atoms with Crippen LogP contribution >= 0.6 is 7.14 Å². The Balaban J connectivity index is 0.990. The molecule has 0 saturated heterocycles. The summed E-state index contributed by atoms with van der Waals surface area (Å²) in [5.74, 6) is 0. The summed E-state index contributed by atoms with van der Waals surface area (Å²) >= 11 is 0. The van der Waals surface area contributed by atoms with Crippen LogP contribution in [0.4, 0.5) is 0 Å². The molecule has 55 heavy (non-hydrogen) atoms. The first-order valence-electron chi connectivity index (χ1n) is 18.6. The van der Waals surface area contributed by atoms with Gasteiger partial charge in [0.05, 0.1) is 16.6 Å². The summed E-state index contributed by atoms with van der Waals surface area (Å²) in [6.07, 6.45) is 0. The van der Waals surface area contributed by atoms with E-state index in [2.05, 4.69) is 144 Å². The highest BCUT2D eigenvalue weighted by Crippen LogP contribution is 2.44. The Labute approximate surface area is 318 Å². The lowest BCUT2D eigenvalue weighted by Crippen LogP contribution is -2.25. The Bertz CT molecular complexity index is 3330. The predicted octanol–water partition coefficient (Wildman–Crippen LogP) is 12.1. The molecule has 1 atom stereocenters. The summed E-state index contributed by atoms with van der Waals surface area (Å²) in [6, 6.07) is 69.7. The Hall–Kier alpha value is -6.80. The van der Waals surface area contributed by atoms with Crippen LogP contribution in [0.1, 0.15) is 0 Å². The first kappa shape index (κ1) is 31.7. The van der Waals surface area contributed by atoms with E-state index >= 15 is 4.57 Å². The fraction of sp³-hybridized carbons (Fsp3) is 0. The van der Waals surface area contributed by atoms with E-state index in [1.807, 2.05) is 60.7 Å². The molecule has 2 heterocycles. The van der Waals surface area contributed by atoms with Crippen LogP contribution in [0.3, 0.4) is 0 Å². The number of aromatic nitrogens is 2. The average molecular weight is 721 g/mol. The number of pyridine rings is 1. The minimum absolute atomic E-state index is 0.824. The third-order valence-electron chi connectivity index (χ3n) is 11.2. The number of hydrogen-bond donors (Lipinski definition) is 0. The van der Waals surface area contributed by atoms with Gasteiger partial charge in [0.15, 0.2) is 7.14 Å². The Kier molecular flexibility index (Phi) is 7.14. The van der Waals surface area contributed by atoms with Gasteiger partial charge in [0.2, 0.25) is 0 Å². The van der Waals surface area contributed by atoms with Gasteiger partial charge in [-0.1, -0.05) is 170 Å². The van der Waals surface area contributed by atoms with Gasteiger partial charge >= 0.3 is 0 Å². The lowest BCUT2D eigenvalue weighted by Gasteiger charge is -2.21. The highest BCUT2D eigenvalue weighted by atomic mass is 31.2. The molecule has 0 aliphatic carbocycles. The zero-order valence-electron chi connectivity index (χ0n) is 29.8. The van der Waals surface area contributed by atoms with Crippen LogP contribution in [0.5, 0.6) is 0 Å². The smallest absolute Gasteiger partial charge is 0.171 e. The Morgan fingerprint density at radius 2 is 0.964 bits per heavy atom. The van der Waals surface area contributed by atoms with Gasteiger partial charge in [0.1, 0.15) is 5.65 Å². The van der Waals surface area contributed by atoms with Crippen LogP contribution in [-0.2, 0) is 4.57 Å². The molecule has 11 rings (SSSR count). The summed E-state index contributed by atoms with van der Waals surface area (Å²) < 4.78 is 17.6. The fourth-order valence-electron chi connectivity index (χ4n) is 8.48. The first-order chi connectivity index (χ1) is 27.1. The second-order valence-electron chi connectivity index (χ2n) is 14.3. The fourth-order valence-corrected chi connectivity index (χ4v) is 11.1. The molecule has 9 aromatic carbocycles. The molecule has 0 fully saturated rings. The van der Waals surface area contributed by atoms with Crippen molar-refractivity contribution in [3.05, 3.63) is 200 Å². The summed E-state index contributed by atoms with van der Waals surface area (Å²) in [5.41, 5.74) is 8.73. The lowest BCUT2D eigenvalue weighted by molar-refractivity contribution is 0.592. The molecule has 4 heteroatoms. The topological polar surface area (TPSA) is 34.4 Å². The zero-order chi connectivity index (χ0) is 36.5. The average Bonchev–Trinajstić information content (AvgIpc) is 3.66. The van der Waals surface area contributed by atoms with Crippen LogP contribution in [0.2, 0.25) is 0 Å². The summed E-state index contributed by atoms with van der Waals surface area (Å²) in [6.45, 7) is 0. The second-order valence-corrected chi connectivity index (χ2v) is 17.1. The Morgan fingerprint density at radius 1 is 0.382 bits per heavy atom. The predicted molar refractivity (Wildman–Crippen MR) is 233 cm³/mol. The van der Waals surface area contributed by atoms with Crippen LogP contribution in [0.25, 0.3) is 82.2 Å². The largest absolute Gasteiger partial charge is 0.309 e. The normalized spacial score (nSPS) is 12.9. The molecule has 258 valence electrons. The van der Waals surface area contributed by atoms with Crippen molar-refractivity contribution in [1.82, 2.24) is 9.38 Å². The van der Waals surface area contributed by atoms with E-state index in [9.17, 15) is 0 Å². The number of hydrogen-bond acceptors (Lipinski definition) is 2. The third-order valence-corrected chi connectivity index (χ3v) is 14.3. The maximum absolute atomic E-state index is 15.3. The summed E-state index contributed by atoms with van der Waals surface area (Å²) in [7, 11) is -3.12.